The first-order chi connectivity index (χ1) is 7.77. The summed E-state index contributed by atoms with van der Waals surface area (Å²) in [5.41, 5.74) is 4.46. The number of aliphatic imine (C=N–C) groups is 2. The van der Waals surface area contributed by atoms with Crippen LogP contribution in [0.3, 0.4) is 0 Å². The molecule has 0 N–H and O–H groups in total. The number of benzene rings is 1. The first kappa shape index (κ1) is 11.4. The second-order valence-electron chi connectivity index (χ2n) is 3.31. The maximum Gasteiger partial charge on any atom is 0.105 e. The molecule has 0 radical (unpaired) electrons. The normalized spacial score (nSPS) is 20.6. The van der Waals surface area contributed by atoms with Gasteiger partial charge >= 0.3 is 0 Å². The van der Waals surface area contributed by atoms with Gasteiger partial charge in [0.15, 0.2) is 0 Å². The maximum atomic E-state index is 5.52. The summed E-state index contributed by atoms with van der Waals surface area (Å²) in [4.78, 5) is 9.65. The van der Waals surface area contributed by atoms with Gasteiger partial charge in [0.1, 0.15) is 5.04 Å². The minimum absolute atomic E-state index is 0.896. The molecule has 0 aliphatic carbocycles. The summed E-state index contributed by atoms with van der Waals surface area (Å²) in [5.74, 6) is 0. The van der Waals surface area contributed by atoms with Crippen LogP contribution in [0.2, 0.25) is 0 Å². The van der Waals surface area contributed by atoms with Crippen molar-refractivity contribution in [3.63, 3.8) is 0 Å². The fourth-order valence-electron chi connectivity index (χ4n) is 1.68. The van der Waals surface area contributed by atoms with Crippen LogP contribution in [0.25, 0.3) is 5.57 Å². The Hall–Kier alpha value is -1.06. The Labute approximate surface area is 104 Å². The molecule has 2 nitrogen and oxygen atoms in total. The van der Waals surface area contributed by atoms with Crippen LogP contribution in [0.15, 0.2) is 44.8 Å². The predicted molar refractivity (Wildman–Crippen MR) is 72.6 cm³/mol. The quantitative estimate of drug-likeness (QED) is 0.696. The van der Waals surface area contributed by atoms with Gasteiger partial charge in [0.2, 0.25) is 0 Å². The number of thioether (sulfide) groups is 1. The summed E-state index contributed by atoms with van der Waals surface area (Å²) in [6, 6.07) is 8.23. The summed E-state index contributed by atoms with van der Waals surface area (Å²) in [5, 5.41) is 1.00. The zero-order valence-electron chi connectivity index (χ0n) is 9.07. The first-order valence-corrected chi connectivity index (χ1v) is 6.11. The molecule has 16 heavy (non-hydrogen) atoms. The van der Waals surface area contributed by atoms with Gasteiger partial charge in [0, 0.05) is 28.8 Å². The zero-order valence-corrected chi connectivity index (χ0v) is 10.6. The Morgan fingerprint density at radius 2 is 2.12 bits per heavy atom. The molecule has 0 amide bonds. The Morgan fingerprint density at radius 3 is 2.81 bits per heavy atom. The number of halogens is 1. The van der Waals surface area contributed by atoms with Gasteiger partial charge in [-0.3, -0.25) is 4.99 Å². The van der Waals surface area contributed by atoms with Crippen molar-refractivity contribution < 1.29 is 0 Å². The average Bonchev–Trinajstić information content (AvgIpc) is 2.67. The van der Waals surface area contributed by atoms with Gasteiger partial charge in [-0.05, 0) is 13.0 Å². The van der Waals surface area contributed by atoms with Crippen LogP contribution in [0.4, 0.5) is 0 Å². The third-order valence-corrected chi connectivity index (χ3v) is 3.64. The van der Waals surface area contributed by atoms with Crippen molar-refractivity contribution in [2.24, 2.45) is 9.98 Å². The van der Waals surface area contributed by atoms with E-state index in [-0.39, 0.29) is 0 Å². The molecule has 2 rings (SSSR count). The third-order valence-electron chi connectivity index (χ3n) is 2.38. The molecular formula is C12H11ClN2S. The first-order valence-electron chi connectivity index (χ1n) is 4.86. The highest BCUT2D eigenvalue weighted by molar-refractivity contribution is 8.15. The summed E-state index contributed by atoms with van der Waals surface area (Å²) in [6.07, 6.45) is 0. The highest BCUT2D eigenvalue weighted by Crippen LogP contribution is 2.42. The second-order valence-corrected chi connectivity index (χ2v) is 4.54. The molecule has 0 saturated carbocycles. The highest BCUT2D eigenvalue weighted by Gasteiger charge is 2.24. The third kappa shape index (κ3) is 1.93. The van der Waals surface area contributed by atoms with E-state index in [0.717, 1.165) is 16.3 Å². The maximum absolute atomic E-state index is 5.52. The van der Waals surface area contributed by atoms with E-state index in [0.29, 0.717) is 0 Å². The van der Waals surface area contributed by atoms with E-state index in [1.54, 1.807) is 18.8 Å². The number of hydrogen-bond acceptors (Lipinski definition) is 3. The predicted octanol–water partition coefficient (Wildman–Crippen LogP) is 3.82. The second kappa shape index (κ2) is 4.85. The van der Waals surface area contributed by atoms with Gasteiger partial charge in [-0.1, -0.05) is 41.6 Å². The summed E-state index contributed by atoms with van der Waals surface area (Å²) < 4.78 is 0. The van der Waals surface area contributed by atoms with Gasteiger partial charge in [0.25, 0.3) is 0 Å². The molecule has 0 bridgehead atoms. The molecule has 1 aromatic rings. The van der Waals surface area contributed by atoms with Crippen molar-refractivity contribution in [2.45, 2.75) is 11.8 Å². The summed E-state index contributed by atoms with van der Waals surface area (Å²) >= 11 is 7.19. The average molecular weight is 251 g/mol. The van der Waals surface area contributed by atoms with E-state index in [4.69, 9.17) is 11.6 Å². The van der Waals surface area contributed by atoms with Gasteiger partial charge in [0.05, 0.1) is 5.67 Å². The van der Waals surface area contributed by atoms with Crippen molar-refractivity contribution in [1.29, 1.82) is 0 Å². The van der Waals surface area contributed by atoms with E-state index in [2.05, 4.69) is 22.1 Å². The van der Waals surface area contributed by atoms with Gasteiger partial charge in [-0.15, -0.1) is 0 Å². The van der Waals surface area contributed by atoms with Crippen LogP contribution >= 0.6 is 23.4 Å². The van der Waals surface area contributed by atoms with Crippen LogP contribution < -0.4 is 0 Å². The number of rotatable bonds is 1. The van der Waals surface area contributed by atoms with E-state index >= 15 is 0 Å². The number of fused-ring (bicyclic) bond motifs is 1. The molecular weight excluding hydrogens is 240 g/mol. The van der Waals surface area contributed by atoms with Crippen molar-refractivity contribution in [3.8, 4) is 0 Å². The van der Waals surface area contributed by atoms with Crippen LogP contribution in [0.1, 0.15) is 12.5 Å². The minimum atomic E-state index is 0.896. The zero-order chi connectivity index (χ0) is 11.5. The van der Waals surface area contributed by atoms with Gasteiger partial charge in [-0.25, -0.2) is 4.99 Å². The standard InChI is InChI=1S/C12H11ClN2S/c1-8(15-7-13)11-9-5-3-4-6-10(9)16-12(11)14-2/h3-7H,1-2H3/b11-8-,14-12?,15-7?. The molecule has 0 spiro atoms. The molecule has 1 aromatic carbocycles. The molecule has 0 fully saturated rings. The topological polar surface area (TPSA) is 24.7 Å². The van der Waals surface area contributed by atoms with Crippen molar-refractivity contribution in [3.05, 3.63) is 35.5 Å². The summed E-state index contributed by atoms with van der Waals surface area (Å²) in [7, 11) is 1.80. The molecule has 0 saturated heterocycles. The van der Waals surface area contributed by atoms with Crippen LogP contribution in [-0.2, 0) is 0 Å². The Kier molecular flexibility index (Phi) is 3.46. The number of allylic oxidation sites excluding steroid dienone is 1. The SMILES string of the molecule is CN=C1Sc2ccccc2/C1=C(\C)N=CCl. The molecule has 1 heterocycles. The molecule has 1 aliphatic rings. The molecule has 0 unspecified atom stereocenters. The Balaban J connectivity index is 2.63. The van der Waals surface area contributed by atoms with E-state index in [1.165, 1.54) is 16.1 Å². The van der Waals surface area contributed by atoms with E-state index in [1.807, 2.05) is 19.1 Å². The fourth-order valence-corrected chi connectivity index (χ4v) is 2.91. The smallest absolute Gasteiger partial charge is 0.105 e. The highest BCUT2D eigenvalue weighted by atomic mass is 35.5. The lowest BCUT2D eigenvalue weighted by Gasteiger charge is -2.02. The largest absolute Gasteiger partial charge is 0.281 e. The molecule has 82 valence electrons. The lowest BCUT2D eigenvalue weighted by molar-refractivity contribution is 1.32. The van der Waals surface area contributed by atoms with Crippen LogP contribution in [0.5, 0.6) is 0 Å². The van der Waals surface area contributed by atoms with Gasteiger partial charge in [-0.2, -0.15) is 0 Å². The Morgan fingerprint density at radius 1 is 1.38 bits per heavy atom. The summed E-state index contributed by atoms with van der Waals surface area (Å²) in [6.45, 7) is 1.95. The monoisotopic (exact) mass is 250 g/mol. The van der Waals surface area contributed by atoms with Crippen LogP contribution in [-0.4, -0.2) is 17.8 Å². The van der Waals surface area contributed by atoms with Crippen LogP contribution in [0, 0.1) is 0 Å². The van der Waals surface area contributed by atoms with Crippen molar-refractivity contribution >= 4 is 39.7 Å². The van der Waals surface area contributed by atoms with Crippen molar-refractivity contribution in [1.82, 2.24) is 0 Å². The number of hydrogen-bond donors (Lipinski definition) is 0. The molecule has 1 aliphatic heterocycles. The fraction of sp³-hybridized carbons (Fsp3) is 0.167. The molecule has 4 heteroatoms. The lowest BCUT2D eigenvalue weighted by Crippen LogP contribution is -1.92. The Bertz CT molecular complexity index is 503. The van der Waals surface area contributed by atoms with E-state index < -0.39 is 0 Å². The lowest BCUT2D eigenvalue weighted by atomic mass is 10.1. The van der Waals surface area contributed by atoms with E-state index in [9.17, 15) is 0 Å². The minimum Gasteiger partial charge on any atom is -0.281 e. The van der Waals surface area contributed by atoms with Gasteiger partial charge < -0.3 is 0 Å². The molecule has 0 atom stereocenters. The van der Waals surface area contributed by atoms with Crippen molar-refractivity contribution in [2.75, 3.05) is 7.05 Å². The number of nitrogens with zero attached hydrogens (tertiary/aromatic N) is 2. The molecule has 0 aromatic heterocycles.